The number of hydrogen-bond acceptors (Lipinski definition) is 3. The van der Waals surface area contributed by atoms with E-state index in [1.165, 1.54) is 55.5 Å². The lowest BCUT2D eigenvalue weighted by Crippen LogP contribution is -2.39. The summed E-state index contributed by atoms with van der Waals surface area (Å²) in [7, 11) is 0. The van der Waals surface area contributed by atoms with Crippen molar-refractivity contribution in [3.05, 3.63) is 60.2 Å². The van der Waals surface area contributed by atoms with Crippen LogP contribution in [-0.4, -0.2) is 17.8 Å². The number of ketones is 1. The Morgan fingerprint density at radius 1 is 1.00 bits per heavy atom. The van der Waals surface area contributed by atoms with Crippen molar-refractivity contribution in [3.8, 4) is 5.75 Å². The molecule has 0 saturated heterocycles. The van der Waals surface area contributed by atoms with Crippen LogP contribution in [0.5, 0.6) is 5.75 Å². The summed E-state index contributed by atoms with van der Waals surface area (Å²) in [5.74, 6) is -1.86. The second kappa shape index (κ2) is 7.49. The van der Waals surface area contributed by atoms with Crippen molar-refractivity contribution >= 4 is 17.4 Å². The van der Waals surface area contributed by atoms with Crippen LogP contribution in [0.1, 0.15) is 24.7 Å². The van der Waals surface area contributed by atoms with E-state index in [-0.39, 0.29) is 24.6 Å². The van der Waals surface area contributed by atoms with Gasteiger partial charge in [0.2, 0.25) is 0 Å². The molecule has 0 fully saturated rings. The van der Waals surface area contributed by atoms with Crippen molar-refractivity contribution in [2.75, 3.05) is 5.32 Å². The van der Waals surface area contributed by atoms with Gasteiger partial charge in [0.05, 0.1) is 0 Å². The van der Waals surface area contributed by atoms with E-state index in [0.717, 1.165) is 0 Å². The van der Waals surface area contributed by atoms with Gasteiger partial charge in [0.25, 0.3) is 0 Å². The molecule has 0 aromatic heterocycles. The number of benzene rings is 2. The van der Waals surface area contributed by atoms with Crippen molar-refractivity contribution in [1.82, 2.24) is 0 Å². The molecule has 6 heteroatoms. The molecule has 4 nitrogen and oxygen atoms in total. The zero-order valence-corrected chi connectivity index (χ0v) is 11.7. The molecule has 0 aliphatic rings. The second-order valence-corrected chi connectivity index (χ2v) is 4.52. The molecule has 0 bridgehead atoms. The van der Waals surface area contributed by atoms with Gasteiger partial charge in [0.1, 0.15) is 5.75 Å². The molecule has 1 N–H and O–H groups in total. The van der Waals surface area contributed by atoms with E-state index < -0.39 is 12.0 Å². The lowest BCUT2D eigenvalue weighted by molar-refractivity contribution is -0.187. The topological polar surface area (TPSA) is 55.4 Å². The minimum Gasteiger partial charge on any atom is -0.425 e. The normalized spacial score (nSPS) is 10.4. The Balaban J connectivity index is 0.00000264. The third-order valence-electron chi connectivity index (χ3n) is 2.80. The number of para-hydroxylation sites is 1. The number of rotatable bonds is 5. The first-order chi connectivity index (χ1) is 10.4. The predicted octanol–water partition coefficient (Wildman–Crippen LogP) is 4.14. The van der Waals surface area contributed by atoms with E-state index in [1.807, 2.05) is 5.32 Å². The van der Waals surface area contributed by atoms with Crippen molar-refractivity contribution < 1.29 is 23.1 Å². The summed E-state index contributed by atoms with van der Waals surface area (Å²) in [5, 5.41) is 2.04. The molecule has 2 aromatic rings. The monoisotopic (exact) mass is 321 g/mol. The molecule has 0 heterocycles. The SMILES string of the molecule is C.CC(=O)c1ccc(NC(=O)C(F)(F)Oc2ccccc2)cc1. The van der Waals surface area contributed by atoms with E-state index in [9.17, 15) is 18.4 Å². The largest absolute Gasteiger partial charge is 0.482 e. The Morgan fingerprint density at radius 2 is 1.57 bits per heavy atom. The first-order valence-corrected chi connectivity index (χ1v) is 6.43. The van der Waals surface area contributed by atoms with Crippen molar-refractivity contribution in [3.63, 3.8) is 0 Å². The fraction of sp³-hybridized carbons (Fsp3) is 0.176. The van der Waals surface area contributed by atoms with Crippen LogP contribution in [0, 0.1) is 0 Å². The van der Waals surface area contributed by atoms with Crippen molar-refractivity contribution in [2.24, 2.45) is 0 Å². The second-order valence-electron chi connectivity index (χ2n) is 4.52. The summed E-state index contributed by atoms with van der Waals surface area (Å²) in [5.41, 5.74) is 0.566. The van der Waals surface area contributed by atoms with Gasteiger partial charge in [-0.25, -0.2) is 0 Å². The Bertz CT molecular complexity index is 670. The van der Waals surface area contributed by atoms with Crippen LogP contribution < -0.4 is 10.1 Å². The van der Waals surface area contributed by atoms with Gasteiger partial charge in [-0.2, -0.15) is 8.78 Å². The lowest BCUT2D eigenvalue weighted by atomic mass is 10.1. The van der Waals surface area contributed by atoms with Gasteiger partial charge in [0, 0.05) is 11.3 Å². The maximum Gasteiger partial charge on any atom is 0.482 e. The Hall–Kier alpha value is -2.76. The molecular formula is C17H17F2NO3. The summed E-state index contributed by atoms with van der Waals surface area (Å²) in [6.07, 6.45) is -4.01. The van der Waals surface area contributed by atoms with Crippen LogP contribution in [0.3, 0.4) is 0 Å². The number of ether oxygens (including phenoxy) is 1. The highest BCUT2D eigenvalue weighted by atomic mass is 19.3. The Kier molecular flexibility index (Phi) is 5.95. The molecule has 122 valence electrons. The summed E-state index contributed by atoms with van der Waals surface area (Å²) < 4.78 is 31.8. The third-order valence-corrected chi connectivity index (χ3v) is 2.80. The average Bonchev–Trinajstić information content (AvgIpc) is 2.48. The minimum absolute atomic E-state index is 0. The van der Waals surface area contributed by atoms with Crippen molar-refractivity contribution in [2.45, 2.75) is 20.5 Å². The number of hydrogen-bond donors (Lipinski definition) is 1. The molecule has 0 radical (unpaired) electrons. The fourth-order valence-corrected chi connectivity index (χ4v) is 1.68. The van der Waals surface area contributed by atoms with Crippen LogP contribution in [0.15, 0.2) is 54.6 Å². The fourth-order valence-electron chi connectivity index (χ4n) is 1.68. The van der Waals surface area contributed by atoms with E-state index in [4.69, 9.17) is 0 Å². The smallest absolute Gasteiger partial charge is 0.425 e. The van der Waals surface area contributed by atoms with Crippen LogP contribution in [0.4, 0.5) is 14.5 Å². The number of anilines is 1. The number of amides is 1. The lowest BCUT2D eigenvalue weighted by Gasteiger charge is -2.17. The van der Waals surface area contributed by atoms with Gasteiger partial charge in [-0.15, -0.1) is 0 Å². The number of nitrogens with one attached hydrogen (secondary N) is 1. The van der Waals surface area contributed by atoms with Crippen LogP contribution in [-0.2, 0) is 4.79 Å². The highest BCUT2D eigenvalue weighted by molar-refractivity contribution is 5.97. The van der Waals surface area contributed by atoms with E-state index in [1.54, 1.807) is 6.07 Å². The number of carbonyl (C=O) groups excluding carboxylic acids is 2. The molecular weight excluding hydrogens is 304 g/mol. The van der Waals surface area contributed by atoms with E-state index in [0.29, 0.717) is 5.56 Å². The summed E-state index contributed by atoms with van der Waals surface area (Å²) in [4.78, 5) is 22.7. The zero-order chi connectivity index (χ0) is 16.2. The standard InChI is InChI=1S/C16H13F2NO3.CH4/c1-11(20)12-7-9-13(10-8-12)19-15(21)16(17,18)22-14-5-3-2-4-6-14;/h2-10H,1H3,(H,19,21);1H4. The first kappa shape index (κ1) is 18.3. The van der Waals surface area contributed by atoms with Crippen LogP contribution >= 0.6 is 0 Å². The molecule has 0 spiro atoms. The molecule has 0 unspecified atom stereocenters. The molecule has 2 aromatic carbocycles. The maximum absolute atomic E-state index is 13.7. The maximum atomic E-state index is 13.7. The molecule has 2 rings (SSSR count). The quantitative estimate of drug-likeness (QED) is 0.842. The summed E-state index contributed by atoms with van der Waals surface area (Å²) in [6, 6.07) is 12.9. The Morgan fingerprint density at radius 3 is 2.09 bits per heavy atom. The number of halogens is 2. The van der Waals surface area contributed by atoms with Gasteiger partial charge < -0.3 is 10.1 Å². The first-order valence-electron chi connectivity index (χ1n) is 6.43. The number of Topliss-reactive ketones (excluding diaryl/α,β-unsaturated/α-hetero) is 1. The van der Waals surface area contributed by atoms with Gasteiger partial charge in [-0.3, -0.25) is 9.59 Å². The Labute approximate surface area is 133 Å². The summed E-state index contributed by atoms with van der Waals surface area (Å²) in [6.45, 7) is 1.38. The van der Waals surface area contributed by atoms with E-state index in [2.05, 4.69) is 4.74 Å². The van der Waals surface area contributed by atoms with E-state index >= 15 is 0 Å². The molecule has 0 atom stereocenters. The number of carbonyl (C=O) groups is 2. The number of alkyl halides is 2. The predicted molar refractivity (Wildman–Crippen MR) is 83.8 cm³/mol. The summed E-state index contributed by atoms with van der Waals surface area (Å²) >= 11 is 0. The minimum atomic E-state index is -4.01. The molecule has 0 saturated carbocycles. The highest BCUT2D eigenvalue weighted by Gasteiger charge is 2.42. The molecule has 1 amide bonds. The van der Waals surface area contributed by atoms with Gasteiger partial charge >= 0.3 is 12.0 Å². The molecule has 0 aliphatic carbocycles. The van der Waals surface area contributed by atoms with Crippen LogP contribution in [0.2, 0.25) is 0 Å². The average molecular weight is 321 g/mol. The zero-order valence-electron chi connectivity index (χ0n) is 11.7. The molecule has 23 heavy (non-hydrogen) atoms. The van der Waals surface area contributed by atoms with Crippen molar-refractivity contribution in [1.29, 1.82) is 0 Å². The van der Waals surface area contributed by atoms with Crippen LogP contribution in [0.25, 0.3) is 0 Å². The molecule has 0 aliphatic heterocycles. The van der Waals surface area contributed by atoms with Gasteiger partial charge in [0.15, 0.2) is 5.78 Å². The van der Waals surface area contributed by atoms with Gasteiger partial charge in [-0.05, 0) is 43.3 Å². The third kappa shape index (κ3) is 4.88. The highest BCUT2D eigenvalue weighted by Crippen LogP contribution is 2.23. The van der Waals surface area contributed by atoms with Gasteiger partial charge in [-0.1, -0.05) is 25.6 Å².